The fraction of sp³-hybridized carbons (Fsp3) is 0.600. The number of nitrogens with one attached hydrogen (secondary N) is 1. The summed E-state index contributed by atoms with van der Waals surface area (Å²) in [5.41, 5.74) is -1.29. The predicted molar refractivity (Wildman–Crippen MR) is 78.4 cm³/mol. The fourth-order valence-corrected chi connectivity index (χ4v) is 2.91. The molecule has 1 aliphatic carbocycles. The topological polar surface area (TPSA) is 101 Å². The van der Waals surface area contributed by atoms with Crippen molar-refractivity contribution in [1.82, 2.24) is 15.3 Å². The van der Waals surface area contributed by atoms with Crippen molar-refractivity contribution in [2.24, 2.45) is 5.41 Å². The van der Waals surface area contributed by atoms with Gasteiger partial charge in [0.15, 0.2) is 0 Å². The van der Waals surface area contributed by atoms with Crippen molar-refractivity contribution in [3.05, 3.63) is 23.8 Å². The number of carbonyl (C=O) groups is 2. The molecule has 7 nitrogen and oxygen atoms in total. The van der Waals surface area contributed by atoms with Crippen molar-refractivity contribution in [1.29, 1.82) is 0 Å². The van der Waals surface area contributed by atoms with Crippen LogP contribution in [0.5, 0.6) is 0 Å². The van der Waals surface area contributed by atoms with Gasteiger partial charge in [-0.25, -0.2) is 14.8 Å². The molecule has 2 rings (SSSR count). The maximum Gasteiger partial charge on any atom is 0.330 e. The molecule has 120 valence electrons. The lowest BCUT2D eigenvalue weighted by Crippen LogP contribution is -2.76. The van der Waals surface area contributed by atoms with Gasteiger partial charge in [0.2, 0.25) is 0 Å². The van der Waals surface area contributed by atoms with E-state index in [1.807, 2.05) is 6.92 Å². The number of nitrogens with zero attached hydrogens (tertiary/aromatic N) is 2. The van der Waals surface area contributed by atoms with Crippen molar-refractivity contribution in [3.63, 3.8) is 0 Å². The van der Waals surface area contributed by atoms with Gasteiger partial charge in [0.1, 0.15) is 11.9 Å². The number of hydrogen-bond acceptors (Lipinski definition) is 5. The summed E-state index contributed by atoms with van der Waals surface area (Å²) in [6.45, 7) is 7.63. The van der Waals surface area contributed by atoms with Gasteiger partial charge in [-0.3, -0.25) is 4.79 Å². The number of rotatable bonds is 5. The van der Waals surface area contributed by atoms with Crippen LogP contribution >= 0.6 is 0 Å². The summed E-state index contributed by atoms with van der Waals surface area (Å²) >= 11 is 0. The van der Waals surface area contributed by atoms with Crippen LogP contribution in [0, 0.1) is 12.3 Å². The smallest absolute Gasteiger partial charge is 0.330 e. The van der Waals surface area contributed by atoms with Crippen LogP contribution in [0.4, 0.5) is 0 Å². The molecule has 22 heavy (non-hydrogen) atoms. The van der Waals surface area contributed by atoms with E-state index in [4.69, 9.17) is 4.74 Å². The van der Waals surface area contributed by atoms with E-state index in [2.05, 4.69) is 15.3 Å². The van der Waals surface area contributed by atoms with E-state index >= 15 is 0 Å². The van der Waals surface area contributed by atoms with Crippen molar-refractivity contribution in [3.8, 4) is 0 Å². The molecule has 2 unspecified atom stereocenters. The number of hydrogen-bond donors (Lipinski definition) is 2. The molecular weight excluding hydrogens is 286 g/mol. The van der Waals surface area contributed by atoms with E-state index < -0.39 is 22.8 Å². The fourth-order valence-electron chi connectivity index (χ4n) is 2.91. The third-order valence-corrected chi connectivity index (χ3v) is 4.61. The van der Waals surface area contributed by atoms with Crippen LogP contribution in [-0.4, -0.2) is 45.2 Å². The molecule has 1 fully saturated rings. The first-order valence-corrected chi connectivity index (χ1v) is 7.20. The van der Waals surface area contributed by atoms with Crippen molar-refractivity contribution in [2.75, 3.05) is 6.61 Å². The van der Waals surface area contributed by atoms with Gasteiger partial charge in [0.25, 0.3) is 5.91 Å². The van der Waals surface area contributed by atoms with Gasteiger partial charge in [-0.1, -0.05) is 13.8 Å². The first-order valence-electron chi connectivity index (χ1n) is 7.20. The molecule has 1 aliphatic rings. The van der Waals surface area contributed by atoms with Gasteiger partial charge in [0.05, 0.1) is 17.4 Å². The maximum atomic E-state index is 12.4. The number of ether oxygens (including phenoxy) is 1. The zero-order valence-corrected chi connectivity index (χ0v) is 13.2. The highest BCUT2D eigenvalue weighted by Crippen LogP contribution is 2.51. The van der Waals surface area contributed by atoms with Crippen LogP contribution in [-0.2, 0) is 9.53 Å². The second-order valence-corrected chi connectivity index (χ2v) is 6.06. The monoisotopic (exact) mass is 307 g/mol. The Balaban J connectivity index is 2.27. The first kappa shape index (κ1) is 16.4. The van der Waals surface area contributed by atoms with E-state index in [1.54, 1.807) is 20.8 Å². The molecule has 2 N–H and O–H groups in total. The molecule has 0 bridgehead atoms. The molecule has 1 saturated carbocycles. The Bertz CT molecular complexity index is 602. The zero-order valence-electron chi connectivity index (χ0n) is 13.2. The SMILES string of the molecule is CCOC1CC(NC(=O)c2cncnc2C)(C(=O)O)C1(C)C. The standard InChI is InChI=1S/C15H21N3O4/c1-5-22-11-6-15(13(20)21,14(11,3)4)18-12(19)10-7-16-8-17-9(10)2/h7-8,11H,5-6H2,1-4H3,(H,18,19)(H,20,21). The van der Waals surface area contributed by atoms with Crippen LogP contribution in [0.1, 0.15) is 43.2 Å². The lowest BCUT2D eigenvalue weighted by atomic mass is 9.54. The first-order chi connectivity index (χ1) is 10.3. The molecule has 0 spiro atoms. The minimum atomic E-state index is -1.35. The highest BCUT2D eigenvalue weighted by Gasteiger charge is 2.66. The number of carbonyl (C=O) groups excluding carboxylic acids is 1. The molecule has 2 atom stereocenters. The van der Waals surface area contributed by atoms with E-state index in [1.165, 1.54) is 12.5 Å². The van der Waals surface area contributed by atoms with Crippen molar-refractivity contribution in [2.45, 2.75) is 45.8 Å². The van der Waals surface area contributed by atoms with Gasteiger partial charge in [-0.05, 0) is 13.8 Å². The second kappa shape index (κ2) is 5.64. The molecule has 1 amide bonds. The molecule has 7 heteroatoms. The lowest BCUT2D eigenvalue weighted by molar-refractivity contribution is -0.190. The minimum Gasteiger partial charge on any atom is -0.479 e. The van der Waals surface area contributed by atoms with Gasteiger partial charge >= 0.3 is 5.97 Å². The summed E-state index contributed by atoms with van der Waals surface area (Å²) in [6.07, 6.45) is 2.76. The quantitative estimate of drug-likeness (QED) is 0.847. The summed E-state index contributed by atoms with van der Waals surface area (Å²) in [4.78, 5) is 32.0. The third kappa shape index (κ3) is 2.35. The summed E-state index contributed by atoms with van der Waals surface area (Å²) in [5.74, 6) is -1.54. The summed E-state index contributed by atoms with van der Waals surface area (Å²) in [6, 6.07) is 0. The largest absolute Gasteiger partial charge is 0.479 e. The van der Waals surface area contributed by atoms with Gasteiger partial charge in [-0.15, -0.1) is 0 Å². The Kier molecular flexibility index (Phi) is 4.19. The highest BCUT2D eigenvalue weighted by molar-refractivity contribution is 5.99. The predicted octanol–water partition coefficient (Wildman–Crippen LogP) is 1.17. The van der Waals surface area contributed by atoms with Crippen LogP contribution < -0.4 is 5.32 Å². The van der Waals surface area contributed by atoms with E-state index in [0.717, 1.165) is 0 Å². The van der Waals surface area contributed by atoms with E-state index in [-0.39, 0.29) is 18.1 Å². The van der Waals surface area contributed by atoms with E-state index in [9.17, 15) is 14.7 Å². The Morgan fingerprint density at radius 1 is 1.50 bits per heavy atom. The molecule has 0 radical (unpaired) electrons. The van der Waals surface area contributed by atoms with Crippen LogP contribution in [0.3, 0.4) is 0 Å². The summed E-state index contributed by atoms with van der Waals surface area (Å²) < 4.78 is 5.57. The molecule has 1 aromatic heterocycles. The van der Waals surface area contributed by atoms with E-state index in [0.29, 0.717) is 12.3 Å². The molecule has 0 aromatic carbocycles. The number of carboxylic acids is 1. The molecule has 1 aromatic rings. The Morgan fingerprint density at radius 2 is 2.18 bits per heavy atom. The number of aromatic nitrogens is 2. The molecule has 0 saturated heterocycles. The maximum absolute atomic E-state index is 12.4. The van der Waals surface area contributed by atoms with Crippen LogP contribution in [0.2, 0.25) is 0 Å². The molecule has 0 aliphatic heterocycles. The number of aliphatic carboxylic acids is 1. The minimum absolute atomic E-state index is 0.206. The number of amides is 1. The van der Waals surface area contributed by atoms with Gasteiger partial charge in [0, 0.05) is 24.6 Å². The summed E-state index contributed by atoms with van der Waals surface area (Å²) in [7, 11) is 0. The average molecular weight is 307 g/mol. The Morgan fingerprint density at radius 3 is 2.68 bits per heavy atom. The second-order valence-electron chi connectivity index (χ2n) is 6.06. The molecular formula is C15H21N3O4. The van der Waals surface area contributed by atoms with Gasteiger partial charge in [-0.2, -0.15) is 0 Å². The number of aryl methyl sites for hydroxylation is 1. The lowest BCUT2D eigenvalue weighted by Gasteiger charge is -2.58. The van der Waals surface area contributed by atoms with Gasteiger partial charge < -0.3 is 15.2 Å². The van der Waals surface area contributed by atoms with Crippen LogP contribution in [0.15, 0.2) is 12.5 Å². The normalized spacial score (nSPS) is 26.1. The Hall–Kier alpha value is -2.02. The molecule has 1 heterocycles. The van der Waals surface area contributed by atoms with Crippen LogP contribution in [0.25, 0.3) is 0 Å². The Labute approximate surface area is 129 Å². The summed E-state index contributed by atoms with van der Waals surface area (Å²) in [5, 5.41) is 12.3. The third-order valence-electron chi connectivity index (χ3n) is 4.61. The zero-order chi connectivity index (χ0) is 16.5. The average Bonchev–Trinajstić information content (AvgIpc) is 2.45. The van der Waals surface area contributed by atoms with Crippen molar-refractivity contribution >= 4 is 11.9 Å². The number of carboxylic acid groups (broad SMARTS) is 1. The van der Waals surface area contributed by atoms with Crippen molar-refractivity contribution < 1.29 is 19.4 Å². The highest BCUT2D eigenvalue weighted by atomic mass is 16.5.